The van der Waals surface area contributed by atoms with Crippen LogP contribution in [-0.4, -0.2) is 55.8 Å². The summed E-state index contributed by atoms with van der Waals surface area (Å²) in [7, 11) is -3.03. The Hall–Kier alpha value is -1.11. The first kappa shape index (κ1) is 14.3. The molecule has 19 heavy (non-hydrogen) atoms. The molecule has 6 nitrogen and oxygen atoms in total. The average molecular weight is 288 g/mol. The Labute approximate surface area is 113 Å². The summed E-state index contributed by atoms with van der Waals surface area (Å²) in [4.78, 5) is 25.0. The molecule has 2 rings (SSSR count). The molecule has 2 amide bonds. The first-order valence-electron chi connectivity index (χ1n) is 6.64. The van der Waals surface area contributed by atoms with Crippen LogP contribution in [0.2, 0.25) is 0 Å². The molecule has 0 unspecified atom stereocenters. The summed E-state index contributed by atoms with van der Waals surface area (Å²) in [6, 6.07) is -0.00629. The Bertz CT molecular complexity index is 474. The second-order valence-corrected chi connectivity index (χ2v) is 7.65. The number of nitrogens with zero attached hydrogens (tertiary/aromatic N) is 1. The Morgan fingerprint density at radius 2 is 2.00 bits per heavy atom. The van der Waals surface area contributed by atoms with Gasteiger partial charge in [-0.2, -0.15) is 0 Å². The number of hydrogen-bond acceptors (Lipinski definition) is 4. The minimum Gasteiger partial charge on any atom is -0.352 e. The zero-order valence-corrected chi connectivity index (χ0v) is 11.9. The van der Waals surface area contributed by atoms with Crippen molar-refractivity contribution < 1.29 is 18.0 Å². The predicted octanol–water partition coefficient (Wildman–Crippen LogP) is -0.452. The lowest BCUT2D eigenvalue weighted by Crippen LogP contribution is -2.50. The van der Waals surface area contributed by atoms with Crippen LogP contribution in [0.15, 0.2) is 0 Å². The quantitative estimate of drug-likeness (QED) is 0.746. The maximum absolute atomic E-state index is 12.3. The van der Waals surface area contributed by atoms with Crippen LogP contribution in [0.3, 0.4) is 0 Å². The van der Waals surface area contributed by atoms with Crippen LogP contribution in [0.4, 0.5) is 0 Å². The van der Waals surface area contributed by atoms with Crippen LogP contribution in [0, 0.1) is 5.92 Å². The molecule has 1 N–H and O–H groups in total. The highest BCUT2D eigenvalue weighted by atomic mass is 32.2. The van der Waals surface area contributed by atoms with E-state index >= 15 is 0 Å². The van der Waals surface area contributed by atoms with Crippen LogP contribution >= 0.6 is 0 Å². The van der Waals surface area contributed by atoms with Crippen molar-refractivity contribution in [3.8, 4) is 0 Å². The molecule has 0 bridgehead atoms. The number of carbonyl (C=O) groups is 2. The molecule has 0 radical (unpaired) electrons. The van der Waals surface area contributed by atoms with Gasteiger partial charge in [0.25, 0.3) is 0 Å². The van der Waals surface area contributed by atoms with Gasteiger partial charge in [0.05, 0.1) is 17.4 Å². The highest BCUT2D eigenvalue weighted by Gasteiger charge is 2.36. The number of piperidine rings is 1. The smallest absolute Gasteiger partial charge is 0.226 e. The monoisotopic (exact) mass is 288 g/mol. The van der Waals surface area contributed by atoms with Gasteiger partial charge >= 0.3 is 0 Å². The fourth-order valence-corrected chi connectivity index (χ4v) is 4.56. The molecule has 0 saturated carbocycles. The second-order valence-electron chi connectivity index (χ2n) is 5.42. The molecular weight excluding hydrogens is 268 g/mol. The molecule has 0 aromatic rings. The van der Waals surface area contributed by atoms with E-state index in [0.717, 1.165) is 12.8 Å². The molecule has 2 heterocycles. The third kappa shape index (κ3) is 3.68. The summed E-state index contributed by atoms with van der Waals surface area (Å²) in [5.41, 5.74) is 0. The summed E-state index contributed by atoms with van der Waals surface area (Å²) < 4.78 is 22.8. The zero-order valence-electron chi connectivity index (χ0n) is 11.1. The van der Waals surface area contributed by atoms with E-state index in [-0.39, 0.29) is 35.3 Å². The molecule has 2 aliphatic rings. The first-order valence-corrected chi connectivity index (χ1v) is 8.46. The lowest BCUT2D eigenvalue weighted by atomic mass is 10.0. The minimum absolute atomic E-state index is 0.00629. The van der Waals surface area contributed by atoms with Gasteiger partial charge in [-0.15, -0.1) is 0 Å². The van der Waals surface area contributed by atoms with Crippen molar-refractivity contribution in [2.45, 2.75) is 32.2 Å². The van der Waals surface area contributed by atoms with Crippen molar-refractivity contribution in [2.75, 3.05) is 24.6 Å². The van der Waals surface area contributed by atoms with Crippen molar-refractivity contribution in [3.63, 3.8) is 0 Å². The van der Waals surface area contributed by atoms with E-state index in [4.69, 9.17) is 0 Å². The van der Waals surface area contributed by atoms with Gasteiger partial charge in [-0.25, -0.2) is 8.42 Å². The predicted molar refractivity (Wildman–Crippen MR) is 70.2 cm³/mol. The summed E-state index contributed by atoms with van der Waals surface area (Å²) in [6.07, 6.45) is 2.14. The lowest BCUT2D eigenvalue weighted by Gasteiger charge is -2.34. The van der Waals surface area contributed by atoms with E-state index in [1.165, 1.54) is 6.92 Å². The molecule has 2 atom stereocenters. The van der Waals surface area contributed by atoms with E-state index in [0.29, 0.717) is 19.5 Å². The normalized spacial score (nSPS) is 30.1. The van der Waals surface area contributed by atoms with Gasteiger partial charge in [0.2, 0.25) is 11.8 Å². The third-order valence-corrected chi connectivity index (χ3v) is 5.49. The molecule has 0 aromatic heterocycles. The van der Waals surface area contributed by atoms with Crippen molar-refractivity contribution in [2.24, 2.45) is 5.92 Å². The molecule has 0 aliphatic carbocycles. The van der Waals surface area contributed by atoms with E-state index in [2.05, 4.69) is 5.32 Å². The standard InChI is InChI=1S/C12H20N2O4S/c1-9(15)13-11-3-2-5-14(7-11)12(16)10-4-6-19(17,18)8-10/h10-11H,2-8H2,1H3,(H,13,15)/t10-,11-/m0/s1. The highest BCUT2D eigenvalue weighted by Crippen LogP contribution is 2.22. The molecule has 2 aliphatic heterocycles. The number of nitrogens with one attached hydrogen (secondary N) is 1. The first-order chi connectivity index (χ1) is 8.87. The largest absolute Gasteiger partial charge is 0.352 e. The van der Waals surface area contributed by atoms with Crippen LogP contribution in [0.5, 0.6) is 0 Å². The number of rotatable bonds is 2. The SMILES string of the molecule is CC(=O)N[C@H]1CCCN(C(=O)[C@H]2CCS(=O)(=O)C2)C1. The molecule has 7 heteroatoms. The van der Waals surface area contributed by atoms with Gasteiger partial charge < -0.3 is 10.2 Å². The second kappa shape index (κ2) is 5.48. The molecular formula is C12H20N2O4S. The summed E-state index contributed by atoms with van der Waals surface area (Å²) in [6.45, 7) is 2.62. The Morgan fingerprint density at radius 3 is 2.58 bits per heavy atom. The Morgan fingerprint density at radius 1 is 1.26 bits per heavy atom. The van der Waals surface area contributed by atoms with Crippen LogP contribution in [0.25, 0.3) is 0 Å². The molecule has 2 saturated heterocycles. The van der Waals surface area contributed by atoms with Crippen molar-refractivity contribution in [1.29, 1.82) is 0 Å². The third-order valence-electron chi connectivity index (χ3n) is 3.72. The van der Waals surface area contributed by atoms with E-state index in [9.17, 15) is 18.0 Å². The maximum atomic E-state index is 12.3. The number of carbonyl (C=O) groups excluding carboxylic acids is 2. The number of sulfone groups is 1. The van der Waals surface area contributed by atoms with Crippen molar-refractivity contribution in [3.05, 3.63) is 0 Å². The molecule has 0 aromatic carbocycles. The number of amides is 2. The van der Waals surface area contributed by atoms with Crippen molar-refractivity contribution in [1.82, 2.24) is 10.2 Å². The number of hydrogen-bond donors (Lipinski definition) is 1. The van der Waals surface area contributed by atoms with Crippen LogP contribution < -0.4 is 5.32 Å². The van der Waals surface area contributed by atoms with Gasteiger partial charge in [0, 0.05) is 26.1 Å². The summed E-state index contributed by atoms with van der Waals surface area (Å²) in [5.74, 6) is -0.459. The minimum atomic E-state index is -3.03. The van der Waals surface area contributed by atoms with Crippen LogP contribution in [-0.2, 0) is 19.4 Å². The van der Waals surface area contributed by atoms with Gasteiger partial charge in [-0.3, -0.25) is 9.59 Å². The number of likely N-dealkylation sites (tertiary alicyclic amines) is 1. The lowest BCUT2D eigenvalue weighted by molar-refractivity contribution is -0.136. The van der Waals surface area contributed by atoms with Gasteiger partial charge in [0.1, 0.15) is 0 Å². The average Bonchev–Trinajstić information content (AvgIpc) is 2.68. The molecule has 0 spiro atoms. The van der Waals surface area contributed by atoms with Gasteiger partial charge in [-0.1, -0.05) is 0 Å². The van der Waals surface area contributed by atoms with E-state index in [1.54, 1.807) is 4.90 Å². The fourth-order valence-electron chi connectivity index (χ4n) is 2.83. The highest BCUT2D eigenvalue weighted by molar-refractivity contribution is 7.91. The topological polar surface area (TPSA) is 83.6 Å². The Balaban J connectivity index is 1.94. The van der Waals surface area contributed by atoms with Crippen LogP contribution in [0.1, 0.15) is 26.2 Å². The fraction of sp³-hybridized carbons (Fsp3) is 0.833. The zero-order chi connectivity index (χ0) is 14.0. The Kier molecular flexibility index (Phi) is 4.13. The van der Waals surface area contributed by atoms with Crippen molar-refractivity contribution >= 4 is 21.7 Å². The molecule has 108 valence electrons. The maximum Gasteiger partial charge on any atom is 0.226 e. The van der Waals surface area contributed by atoms with E-state index < -0.39 is 9.84 Å². The van der Waals surface area contributed by atoms with E-state index in [1.807, 2.05) is 0 Å². The molecule has 2 fully saturated rings. The summed E-state index contributed by atoms with van der Waals surface area (Å²) in [5, 5.41) is 2.82. The summed E-state index contributed by atoms with van der Waals surface area (Å²) >= 11 is 0. The van der Waals surface area contributed by atoms with Gasteiger partial charge in [-0.05, 0) is 19.3 Å². The van der Waals surface area contributed by atoms with Gasteiger partial charge in [0.15, 0.2) is 9.84 Å².